The topological polar surface area (TPSA) is 34.1 Å². The van der Waals surface area contributed by atoms with Crippen molar-refractivity contribution in [3.8, 4) is 5.88 Å². The second-order valence-electron chi connectivity index (χ2n) is 2.49. The van der Waals surface area contributed by atoms with Gasteiger partial charge in [0.2, 0.25) is 5.88 Å². The van der Waals surface area contributed by atoms with Crippen LogP contribution in [0.4, 0.5) is 5.69 Å². The molecule has 0 spiro atoms. The summed E-state index contributed by atoms with van der Waals surface area (Å²) in [4.78, 5) is 4.10. The summed E-state index contributed by atoms with van der Waals surface area (Å²) in [5, 5.41) is 3.13. The molecule has 1 rings (SSSR count). The third-order valence-corrected chi connectivity index (χ3v) is 1.48. The van der Waals surface area contributed by atoms with Gasteiger partial charge in [-0.2, -0.15) is 0 Å². The predicted octanol–water partition coefficient (Wildman–Crippen LogP) is 2.08. The second kappa shape index (κ2) is 5.19. The number of nitrogens with one attached hydrogen (secondary N) is 1. The Labute approximate surface area is 78.4 Å². The maximum atomic E-state index is 5.21. The fraction of sp³-hybridized carbons (Fsp3) is 0.300. The summed E-state index contributed by atoms with van der Waals surface area (Å²) in [5.74, 6) is 0.659. The van der Waals surface area contributed by atoms with Crippen LogP contribution in [-0.2, 0) is 0 Å². The van der Waals surface area contributed by atoms with Crippen LogP contribution in [0.15, 0.2) is 31.0 Å². The lowest BCUT2D eigenvalue weighted by Gasteiger charge is -2.04. The van der Waals surface area contributed by atoms with E-state index in [0.717, 1.165) is 12.2 Å². The summed E-state index contributed by atoms with van der Waals surface area (Å²) < 4.78 is 5.21. The first kappa shape index (κ1) is 9.58. The SMILES string of the molecule is C=CCNc1ccc(OCC)nc1. The molecule has 0 saturated carbocycles. The molecule has 70 valence electrons. The highest BCUT2D eigenvalue weighted by atomic mass is 16.5. The smallest absolute Gasteiger partial charge is 0.213 e. The molecule has 0 aliphatic heterocycles. The molecule has 3 nitrogen and oxygen atoms in total. The highest BCUT2D eigenvalue weighted by Crippen LogP contribution is 2.10. The minimum atomic E-state index is 0.645. The summed E-state index contributed by atoms with van der Waals surface area (Å²) in [5.41, 5.74) is 0.975. The van der Waals surface area contributed by atoms with Crippen molar-refractivity contribution in [1.82, 2.24) is 4.98 Å². The standard InChI is InChI=1S/C10H14N2O/c1-3-7-11-9-5-6-10(12-8-9)13-4-2/h3,5-6,8,11H,1,4,7H2,2H3. The number of hydrogen-bond acceptors (Lipinski definition) is 3. The van der Waals surface area contributed by atoms with E-state index >= 15 is 0 Å². The molecule has 0 radical (unpaired) electrons. The van der Waals surface area contributed by atoms with Crippen molar-refractivity contribution in [1.29, 1.82) is 0 Å². The van der Waals surface area contributed by atoms with Gasteiger partial charge in [0.15, 0.2) is 0 Å². The van der Waals surface area contributed by atoms with Crippen LogP contribution in [-0.4, -0.2) is 18.1 Å². The maximum Gasteiger partial charge on any atom is 0.213 e. The first-order valence-corrected chi connectivity index (χ1v) is 4.30. The molecule has 1 heterocycles. The molecule has 0 fully saturated rings. The average Bonchev–Trinajstić information content (AvgIpc) is 2.17. The second-order valence-corrected chi connectivity index (χ2v) is 2.49. The minimum Gasteiger partial charge on any atom is -0.478 e. The van der Waals surface area contributed by atoms with Gasteiger partial charge in [0, 0.05) is 12.6 Å². The van der Waals surface area contributed by atoms with Crippen molar-refractivity contribution in [3.63, 3.8) is 0 Å². The van der Waals surface area contributed by atoms with Crippen LogP contribution in [0.2, 0.25) is 0 Å². The normalized spacial score (nSPS) is 9.31. The lowest BCUT2D eigenvalue weighted by molar-refractivity contribution is 0.327. The molecule has 1 aromatic heterocycles. The maximum absolute atomic E-state index is 5.21. The quantitative estimate of drug-likeness (QED) is 0.701. The van der Waals surface area contributed by atoms with Gasteiger partial charge in [-0.15, -0.1) is 6.58 Å². The third-order valence-electron chi connectivity index (χ3n) is 1.48. The summed E-state index contributed by atoms with van der Waals surface area (Å²) in [6, 6.07) is 3.77. The fourth-order valence-corrected chi connectivity index (χ4v) is 0.908. The summed E-state index contributed by atoms with van der Waals surface area (Å²) in [6.45, 7) is 6.94. The van der Waals surface area contributed by atoms with Crippen LogP contribution in [0, 0.1) is 0 Å². The molecule has 1 N–H and O–H groups in total. The lowest BCUT2D eigenvalue weighted by atomic mass is 10.4. The Morgan fingerprint density at radius 2 is 2.46 bits per heavy atom. The van der Waals surface area contributed by atoms with E-state index in [2.05, 4.69) is 16.9 Å². The van der Waals surface area contributed by atoms with E-state index in [9.17, 15) is 0 Å². The van der Waals surface area contributed by atoms with Crippen LogP contribution in [0.3, 0.4) is 0 Å². The van der Waals surface area contributed by atoms with Crippen molar-refractivity contribution in [2.24, 2.45) is 0 Å². The Morgan fingerprint density at radius 3 is 3.00 bits per heavy atom. The van der Waals surface area contributed by atoms with Gasteiger partial charge in [-0.05, 0) is 13.0 Å². The number of nitrogens with zero attached hydrogens (tertiary/aromatic N) is 1. The summed E-state index contributed by atoms with van der Waals surface area (Å²) >= 11 is 0. The summed E-state index contributed by atoms with van der Waals surface area (Å²) in [6.07, 6.45) is 3.55. The highest BCUT2D eigenvalue weighted by molar-refractivity contribution is 5.42. The minimum absolute atomic E-state index is 0.645. The van der Waals surface area contributed by atoms with Crippen LogP contribution < -0.4 is 10.1 Å². The molecule has 0 unspecified atom stereocenters. The zero-order valence-electron chi connectivity index (χ0n) is 7.79. The van der Waals surface area contributed by atoms with Gasteiger partial charge in [-0.3, -0.25) is 0 Å². The van der Waals surface area contributed by atoms with Gasteiger partial charge in [-0.1, -0.05) is 6.08 Å². The largest absolute Gasteiger partial charge is 0.478 e. The fourth-order valence-electron chi connectivity index (χ4n) is 0.908. The van der Waals surface area contributed by atoms with Gasteiger partial charge in [-0.25, -0.2) is 4.98 Å². The zero-order chi connectivity index (χ0) is 9.52. The molecule has 13 heavy (non-hydrogen) atoms. The van der Waals surface area contributed by atoms with Gasteiger partial charge >= 0.3 is 0 Å². The molecule has 0 bridgehead atoms. The number of rotatable bonds is 5. The first-order valence-electron chi connectivity index (χ1n) is 4.30. The molecule has 0 aliphatic carbocycles. The predicted molar refractivity (Wildman–Crippen MR) is 54.1 cm³/mol. The molecule has 1 aromatic rings. The lowest BCUT2D eigenvalue weighted by Crippen LogP contribution is -1.99. The van der Waals surface area contributed by atoms with Crippen molar-refractivity contribution in [2.45, 2.75) is 6.92 Å². The number of aromatic nitrogens is 1. The number of pyridine rings is 1. The van der Waals surface area contributed by atoms with E-state index in [1.54, 1.807) is 12.3 Å². The van der Waals surface area contributed by atoms with E-state index in [-0.39, 0.29) is 0 Å². The van der Waals surface area contributed by atoms with Crippen molar-refractivity contribution in [3.05, 3.63) is 31.0 Å². The Morgan fingerprint density at radius 1 is 1.62 bits per heavy atom. The van der Waals surface area contributed by atoms with Crippen molar-refractivity contribution < 1.29 is 4.74 Å². The van der Waals surface area contributed by atoms with E-state index < -0.39 is 0 Å². The van der Waals surface area contributed by atoms with E-state index in [4.69, 9.17) is 4.74 Å². The van der Waals surface area contributed by atoms with Crippen LogP contribution in [0.5, 0.6) is 5.88 Å². The first-order chi connectivity index (χ1) is 6.36. The van der Waals surface area contributed by atoms with Crippen molar-refractivity contribution >= 4 is 5.69 Å². The number of anilines is 1. The highest BCUT2D eigenvalue weighted by Gasteiger charge is 1.93. The molecule has 0 atom stereocenters. The van der Waals surface area contributed by atoms with E-state index in [1.165, 1.54) is 0 Å². The van der Waals surface area contributed by atoms with Crippen LogP contribution in [0.25, 0.3) is 0 Å². The monoisotopic (exact) mass is 178 g/mol. The van der Waals surface area contributed by atoms with Gasteiger partial charge in [0.25, 0.3) is 0 Å². The van der Waals surface area contributed by atoms with E-state index in [1.807, 2.05) is 19.1 Å². The molecular weight excluding hydrogens is 164 g/mol. The van der Waals surface area contributed by atoms with Crippen molar-refractivity contribution in [2.75, 3.05) is 18.5 Å². The zero-order valence-corrected chi connectivity index (χ0v) is 7.79. The van der Waals surface area contributed by atoms with Gasteiger partial charge in [0.05, 0.1) is 18.5 Å². The Kier molecular flexibility index (Phi) is 3.82. The van der Waals surface area contributed by atoms with Gasteiger partial charge in [0.1, 0.15) is 0 Å². The Bertz CT molecular complexity index is 256. The third kappa shape index (κ3) is 3.15. The number of hydrogen-bond donors (Lipinski definition) is 1. The molecule has 0 aliphatic rings. The molecular formula is C10H14N2O. The number of ether oxygens (including phenoxy) is 1. The molecule has 3 heteroatoms. The molecule has 0 amide bonds. The molecule has 0 aromatic carbocycles. The summed E-state index contributed by atoms with van der Waals surface area (Å²) in [7, 11) is 0. The van der Waals surface area contributed by atoms with Gasteiger partial charge < -0.3 is 10.1 Å². The molecule has 0 saturated heterocycles. The van der Waals surface area contributed by atoms with E-state index in [0.29, 0.717) is 12.5 Å². The average molecular weight is 178 g/mol. The van der Waals surface area contributed by atoms with Crippen LogP contribution in [0.1, 0.15) is 6.92 Å². The Hall–Kier alpha value is -1.51. The Balaban J connectivity index is 2.53. The van der Waals surface area contributed by atoms with Crippen LogP contribution >= 0.6 is 0 Å².